The van der Waals surface area contributed by atoms with Gasteiger partial charge < -0.3 is 30.5 Å². The zero-order valence-electron chi connectivity index (χ0n) is 23.5. The summed E-state index contributed by atoms with van der Waals surface area (Å²) < 4.78 is 11.2. The summed E-state index contributed by atoms with van der Waals surface area (Å²) in [7, 11) is 0. The molecule has 1 aromatic rings. The summed E-state index contributed by atoms with van der Waals surface area (Å²) in [5, 5.41) is 15.0. The molecule has 1 aliphatic carbocycles. The largest absolute Gasteiger partial charge is 0.391 e. The summed E-state index contributed by atoms with van der Waals surface area (Å²) >= 11 is 0. The van der Waals surface area contributed by atoms with Gasteiger partial charge in [-0.15, -0.1) is 0 Å². The fourth-order valence-electron chi connectivity index (χ4n) is 5.21. The Morgan fingerprint density at radius 1 is 1.05 bits per heavy atom. The summed E-state index contributed by atoms with van der Waals surface area (Å²) in [6.45, 7) is 10.8. The molecule has 3 atom stereocenters. The maximum absolute atomic E-state index is 14.4. The summed E-state index contributed by atoms with van der Waals surface area (Å²) in [6.07, 6.45) is 6.21. The molecule has 0 bridgehead atoms. The van der Waals surface area contributed by atoms with Crippen LogP contribution in [0.2, 0.25) is 0 Å². The maximum Gasteiger partial charge on any atom is 0.244 e. The molecule has 38 heavy (non-hydrogen) atoms. The molecule has 0 saturated heterocycles. The van der Waals surface area contributed by atoms with Gasteiger partial charge >= 0.3 is 0 Å². The number of carbonyl (C=O) groups is 2. The molecule has 0 fully saturated rings. The van der Waals surface area contributed by atoms with Crippen LogP contribution in [0.3, 0.4) is 0 Å². The highest BCUT2D eigenvalue weighted by Gasteiger charge is 2.49. The van der Waals surface area contributed by atoms with E-state index in [-0.39, 0.29) is 18.9 Å². The standard InChI is InChI=1S/C30H47N3O5/c1-5-17-33(18-6-2)29(36)30(16-12-15-24(20-30)28(31)35)25(19-23-13-10-9-11-14-23)26(34)21-32-22-27(37-7-3)38-8-4/h9-16,25-27,32,34H,5-8,17-22H2,1-4H3,(H2,31,35)/t25-,26+,30?/m1/s1. The van der Waals surface area contributed by atoms with E-state index in [4.69, 9.17) is 15.2 Å². The van der Waals surface area contributed by atoms with E-state index in [0.29, 0.717) is 44.8 Å². The number of aliphatic hydroxyl groups excluding tert-OH is 1. The minimum Gasteiger partial charge on any atom is -0.391 e. The van der Waals surface area contributed by atoms with E-state index in [1.807, 2.05) is 69.0 Å². The zero-order valence-corrected chi connectivity index (χ0v) is 23.5. The molecule has 1 aliphatic rings. The number of nitrogens with zero attached hydrogens (tertiary/aromatic N) is 1. The van der Waals surface area contributed by atoms with Crippen LogP contribution in [-0.2, 0) is 25.5 Å². The number of nitrogens with two attached hydrogens (primary N) is 1. The summed E-state index contributed by atoms with van der Waals surface area (Å²) in [5.41, 5.74) is 5.98. The van der Waals surface area contributed by atoms with Crippen molar-refractivity contribution in [3.8, 4) is 0 Å². The highest BCUT2D eigenvalue weighted by Crippen LogP contribution is 2.44. The van der Waals surface area contributed by atoms with Crippen molar-refractivity contribution in [3.63, 3.8) is 0 Å². The molecule has 8 nitrogen and oxygen atoms in total. The molecule has 4 N–H and O–H groups in total. The third kappa shape index (κ3) is 8.76. The lowest BCUT2D eigenvalue weighted by Gasteiger charge is -2.44. The van der Waals surface area contributed by atoms with Gasteiger partial charge in [-0.05, 0) is 45.1 Å². The van der Waals surface area contributed by atoms with Gasteiger partial charge in [0.2, 0.25) is 11.8 Å². The smallest absolute Gasteiger partial charge is 0.244 e. The third-order valence-corrected chi connectivity index (χ3v) is 6.96. The van der Waals surface area contributed by atoms with Crippen LogP contribution in [0.1, 0.15) is 52.5 Å². The van der Waals surface area contributed by atoms with Crippen molar-refractivity contribution in [2.45, 2.75) is 65.8 Å². The molecule has 8 heteroatoms. The van der Waals surface area contributed by atoms with Crippen LogP contribution in [0.5, 0.6) is 0 Å². The van der Waals surface area contributed by atoms with E-state index in [1.165, 1.54) is 0 Å². The third-order valence-electron chi connectivity index (χ3n) is 6.96. The SMILES string of the molecule is CCCN(CCC)C(=O)C1([C@H](Cc2ccccc2)[C@@H](O)CNCC(OCC)OCC)C=CC=C(C(N)=O)C1. The first-order valence-electron chi connectivity index (χ1n) is 14.0. The van der Waals surface area contributed by atoms with E-state index >= 15 is 0 Å². The fraction of sp³-hybridized carbons (Fsp3) is 0.600. The number of aliphatic hydroxyl groups is 1. The predicted octanol–water partition coefficient (Wildman–Crippen LogP) is 3.20. The van der Waals surface area contributed by atoms with Crippen LogP contribution in [0.25, 0.3) is 0 Å². The molecule has 2 amide bonds. The van der Waals surface area contributed by atoms with E-state index in [1.54, 1.807) is 12.2 Å². The van der Waals surface area contributed by atoms with E-state index in [9.17, 15) is 14.7 Å². The molecule has 0 aliphatic heterocycles. The molecule has 0 saturated carbocycles. The number of benzene rings is 1. The van der Waals surface area contributed by atoms with Crippen LogP contribution >= 0.6 is 0 Å². The highest BCUT2D eigenvalue weighted by atomic mass is 16.7. The quantitative estimate of drug-likeness (QED) is 0.252. The van der Waals surface area contributed by atoms with Gasteiger partial charge in [0, 0.05) is 50.9 Å². The van der Waals surface area contributed by atoms with Crippen LogP contribution < -0.4 is 11.1 Å². The molecule has 0 radical (unpaired) electrons. The first-order valence-corrected chi connectivity index (χ1v) is 14.0. The van der Waals surface area contributed by atoms with Crippen LogP contribution in [0.15, 0.2) is 54.1 Å². The van der Waals surface area contributed by atoms with Crippen LogP contribution in [0, 0.1) is 11.3 Å². The van der Waals surface area contributed by atoms with Crippen molar-refractivity contribution in [2.75, 3.05) is 39.4 Å². The van der Waals surface area contributed by atoms with Crippen molar-refractivity contribution >= 4 is 11.8 Å². The Balaban J connectivity index is 2.47. The average molecular weight is 530 g/mol. The Morgan fingerprint density at radius 3 is 2.24 bits per heavy atom. The monoisotopic (exact) mass is 529 g/mol. The summed E-state index contributed by atoms with van der Waals surface area (Å²) in [4.78, 5) is 28.5. The predicted molar refractivity (Wildman–Crippen MR) is 150 cm³/mol. The molecule has 212 valence electrons. The molecule has 1 unspecified atom stereocenters. The summed E-state index contributed by atoms with van der Waals surface area (Å²) in [6, 6.07) is 9.84. The maximum atomic E-state index is 14.4. The number of allylic oxidation sites excluding steroid dienone is 2. The topological polar surface area (TPSA) is 114 Å². The second-order valence-electron chi connectivity index (χ2n) is 9.79. The second kappa shape index (κ2) is 16.4. The average Bonchev–Trinajstić information content (AvgIpc) is 2.92. The van der Waals surface area contributed by atoms with Crippen LogP contribution in [-0.4, -0.2) is 73.6 Å². The van der Waals surface area contributed by atoms with Crippen molar-refractivity contribution < 1.29 is 24.2 Å². The van der Waals surface area contributed by atoms with Crippen molar-refractivity contribution in [3.05, 3.63) is 59.7 Å². The zero-order chi connectivity index (χ0) is 28.0. The number of amides is 2. The molecule has 2 rings (SSSR count). The van der Waals surface area contributed by atoms with Gasteiger partial charge in [0.05, 0.1) is 11.5 Å². The molecule has 0 spiro atoms. The normalized spacial score (nSPS) is 18.7. The number of carbonyl (C=O) groups excluding carboxylic acids is 2. The fourth-order valence-corrected chi connectivity index (χ4v) is 5.21. The number of primary amides is 1. The van der Waals surface area contributed by atoms with E-state index in [0.717, 1.165) is 18.4 Å². The Morgan fingerprint density at radius 2 is 1.68 bits per heavy atom. The number of nitrogens with one attached hydrogen (secondary N) is 1. The number of hydrogen-bond donors (Lipinski definition) is 3. The minimum absolute atomic E-state index is 0.0780. The van der Waals surface area contributed by atoms with Gasteiger partial charge in [-0.25, -0.2) is 0 Å². The Kier molecular flexibility index (Phi) is 13.7. The molecule has 0 aromatic heterocycles. The van der Waals surface area contributed by atoms with E-state index < -0.39 is 29.6 Å². The number of hydrogen-bond acceptors (Lipinski definition) is 6. The van der Waals surface area contributed by atoms with Gasteiger partial charge in [0.25, 0.3) is 0 Å². The van der Waals surface area contributed by atoms with Gasteiger partial charge in [-0.3, -0.25) is 9.59 Å². The highest BCUT2D eigenvalue weighted by molar-refractivity contribution is 5.95. The lowest BCUT2D eigenvalue weighted by Crippen LogP contribution is -2.54. The van der Waals surface area contributed by atoms with Crippen molar-refractivity contribution in [1.29, 1.82) is 0 Å². The first-order chi connectivity index (χ1) is 18.3. The first kappa shape index (κ1) is 31.7. The molecule has 0 heterocycles. The molecular weight excluding hydrogens is 482 g/mol. The van der Waals surface area contributed by atoms with Gasteiger partial charge in [-0.1, -0.05) is 62.4 Å². The van der Waals surface area contributed by atoms with Crippen molar-refractivity contribution in [1.82, 2.24) is 10.2 Å². The lowest BCUT2D eigenvalue weighted by atomic mass is 9.64. The molecular formula is C30H47N3O5. The Labute approximate surface area is 228 Å². The van der Waals surface area contributed by atoms with Gasteiger partial charge in [0.1, 0.15) is 0 Å². The number of rotatable bonds is 18. The minimum atomic E-state index is -1.13. The van der Waals surface area contributed by atoms with E-state index in [2.05, 4.69) is 5.32 Å². The number of ether oxygens (including phenoxy) is 2. The van der Waals surface area contributed by atoms with Crippen molar-refractivity contribution in [2.24, 2.45) is 17.1 Å². The lowest BCUT2D eigenvalue weighted by molar-refractivity contribution is -0.146. The Hall–Kier alpha value is -2.52. The Bertz CT molecular complexity index is 908. The van der Waals surface area contributed by atoms with Gasteiger partial charge in [-0.2, -0.15) is 0 Å². The summed E-state index contributed by atoms with van der Waals surface area (Å²) in [5.74, 6) is -1.14. The molecule has 1 aromatic carbocycles. The van der Waals surface area contributed by atoms with Crippen LogP contribution in [0.4, 0.5) is 0 Å². The second-order valence-corrected chi connectivity index (χ2v) is 9.79. The van der Waals surface area contributed by atoms with Gasteiger partial charge in [0.15, 0.2) is 6.29 Å².